The van der Waals surface area contributed by atoms with E-state index >= 15 is 0 Å². The van der Waals surface area contributed by atoms with Gasteiger partial charge in [-0.25, -0.2) is 0 Å². The quantitative estimate of drug-likeness (QED) is 0.828. The summed E-state index contributed by atoms with van der Waals surface area (Å²) in [7, 11) is 0. The molecule has 0 atom stereocenters. The third-order valence-corrected chi connectivity index (χ3v) is 3.69. The highest BCUT2D eigenvalue weighted by Gasteiger charge is 2.16. The molecule has 0 aliphatic carbocycles. The summed E-state index contributed by atoms with van der Waals surface area (Å²) in [4.78, 5) is 0. The lowest BCUT2D eigenvalue weighted by Gasteiger charge is -2.15. The first-order chi connectivity index (χ1) is 8.27. The maximum Gasteiger partial charge on any atom is 0.218 e. The minimum Gasteiger partial charge on any atom is -0.494 e. The molecule has 1 nitrogen and oxygen atoms in total. The van der Waals surface area contributed by atoms with Crippen LogP contribution in [0.15, 0.2) is 60.7 Å². The molecule has 0 saturated heterocycles. The zero-order valence-corrected chi connectivity index (χ0v) is 10.7. The van der Waals surface area contributed by atoms with E-state index in [4.69, 9.17) is 12.2 Å². The van der Waals surface area contributed by atoms with Gasteiger partial charge in [-0.05, 0) is 23.3 Å². The van der Waals surface area contributed by atoms with Gasteiger partial charge in [-0.1, -0.05) is 72.4 Å². The van der Waals surface area contributed by atoms with Crippen molar-refractivity contribution in [3.8, 4) is 0 Å². The normalized spacial score (nSPS) is 10.4. The SMILES string of the molecule is OC(=S)SC(c1ccccc1)c1ccccc1. The Bertz CT molecular complexity index is 443. The van der Waals surface area contributed by atoms with Gasteiger partial charge in [0, 0.05) is 0 Å². The van der Waals surface area contributed by atoms with E-state index in [-0.39, 0.29) is 9.63 Å². The number of hydrogen-bond acceptors (Lipinski definition) is 2. The Hall–Kier alpha value is -1.32. The Balaban J connectivity index is 2.36. The first kappa shape index (κ1) is 12.1. The second kappa shape index (κ2) is 5.84. The fourth-order valence-electron chi connectivity index (χ4n) is 1.69. The van der Waals surface area contributed by atoms with E-state index < -0.39 is 0 Å². The summed E-state index contributed by atoms with van der Waals surface area (Å²) in [6.07, 6.45) is 0. The van der Waals surface area contributed by atoms with Crippen molar-refractivity contribution in [2.24, 2.45) is 0 Å². The van der Waals surface area contributed by atoms with Crippen LogP contribution in [0.2, 0.25) is 0 Å². The van der Waals surface area contributed by atoms with Crippen LogP contribution in [0.3, 0.4) is 0 Å². The van der Waals surface area contributed by atoms with Crippen molar-refractivity contribution >= 4 is 28.4 Å². The molecule has 0 aromatic heterocycles. The molecule has 0 amide bonds. The lowest BCUT2D eigenvalue weighted by atomic mass is 10.0. The molecular formula is C14H12OS2. The van der Waals surface area contributed by atoms with Crippen LogP contribution in [0, 0.1) is 0 Å². The molecule has 86 valence electrons. The Morgan fingerprint density at radius 1 is 0.882 bits per heavy atom. The second-order valence-corrected chi connectivity index (χ2v) is 5.32. The van der Waals surface area contributed by atoms with Gasteiger partial charge in [0.2, 0.25) is 4.38 Å². The van der Waals surface area contributed by atoms with Gasteiger partial charge in [-0.15, -0.1) is 0 Å². The summed E-state index contributed by atoms with van der Waals surface area (Å²) in [5, 5.41) is 9.39. The van der Waals surface area contributed by atoms with E-state index in [1.54, 1.807) is 0 Å². The maximum absolute atomic E-state index is 9.34. The molecule has 0 radical (unpaired) electrons. The van der Waals surface area contributed by atoms with E-state index in [1.165, 1.54) is 11.8 Å². The van der Waals surface area contributed by atoms with Gasteiger partial charge in [-0.2, -0.15) is 0 Å². The van der Waals surface area contributed by atoms with E-state index in [2.05, 4.69) is 0 Å². The Kier molecular flexibility index (Phi) is 4.18. The first-order valence-electron chi connectivity index (χ1n) is 5.27. The third-order valence-electron chi connectivity index (χ3n) is 2.42. The van der Waals surface area contributed by atoms with Crippen molar-refractivity contribution in [3.63, 3.8) is 0 Å². The zero-order chi connectivity index (χ0) is 12.1. The van der Waals surface area contributed by atoms with Gasteiger partial charge < -0.3 is 5.11 Å². The molecule has 0 bridgehead atoms. The number of hydrogen-bond donors (Lipinski definition) is 1. The molecule has 0 saturated carbocycles. The largest absolute Gasteiger partial charge is 0.494 e. The number of benzene rings is 2. The topological polar surface area (TPSA) is 20.2 Å². The zero-order valence-electron chi connectivity index (χ0n) is 9.11. The van der Waals surface area contributed by atoms with E-state index in [0.29, 0.717) is 0 Å². The first-order valence-corrected chi connectivity index (χ1v) is 6.55. The smallest absolute Gasteiger partial charge is 0.218 e. The summed E-state index contributed by atoms with van der Waals surface area (Å²) < 4.78 is -0.0253. The Morgan fingerprint density at radius 2 is 1.29 bits per heavy atom. The summed E-state index contributed by atoms with van der Waals surface area (Å²) in [5.41, 5.74) is 2.28. The molecule has 0 heterocycles. The molecule has 2 aromatic carbocycles. The molecule has 2 rings (SSSR count). The van der Waals surface area contributed by atoms with Crippen molar-refractivity contribution in [2.75, 3.05) is 0 Å². The van der Waals surface area contributed by atoms with E-state index in [1.807, 2.05) is 60.7 Å². The number of thiocarbonyl (C=S) groups is 1. The van der Waals surface area contributed by atoms with Crippen LogP contribution in [0.4, 0.5) is 0 Å². The highest BCUT2D eigenvalue weighted by molar-refractivity contribution is 8.22. The lowest BCUT2D eigenvalue weighted by molar-refractivity contribution is 0.585. The highest BCUT2D eigenvalue weighted by Crippen LogP contribution is 2.35. The number of aliphatic hydroxyl groups is 1. The van der Waals surface area contributed by atoms with Crippen molar-refractivity contribution in [2.45, 2.75) is 5.25 Å². The van der Waals surface area contributed by atoms with E-state index in [9.17, 15) is 5.11 Å². The Morgan fingerprint density at radius 3 is 1.65 bits per heavy atom. The molecule has 0 unspecified atom stereocenters. The predicted octanol–water partition coefficient (Wildman–Crippen LogP) is 4.35. The van der Waals surface area contributed by atoms with Gasteiger partial charge in [0.15, 0.2) is 0 Å². The van der Waals surface area contributed by atoms with Gasteiger partial charge >= 0.3 is 0 Å². The third kappa shape index (κ3) is 3.32. The van der Waals surface area contributed by atoms with Crippen LogP contribution in [0.1, 0.15) is 16.4 Å². The highest BCUT2D eigenvalue weighted by atomic mass is 32.2. The van der Waals surface area contributed by atoms with Crippen molar-refractivity contribution in [1.82, 2.24) is 0 Å². The van der Waals surface area contributed by atoms with Crippen molar-refractivity contribution in [1.29, 1.82) is 0 Å². The van der Waals surface area contributed by atoms with Crippen LogP contribution < -0.4 is 0 Å². The summed E-state index contributed by atoms with van der Waals surface area (Å²) >= 11 is 6.08. The minimum atomic E-state index is -0.0253. The number of rotatable bonds is 3. The molecule has 0 aliphatic heterocycles. The minimum absolute atomic E-state index is 0.0253. The predicted molar refractivity (Wildman–Crippen MR) is 77.5 cm³/mol. The molecule has 0 aliphatic rings. The van der Waals surface area contributed by atoms with Crippen LogP contribution in [-0.4, -0.2) is 9.49 Å². The molecule has 0 fully saturated rings. The van der Waals surface area contributed by atoms with Gasteiger partial charge in [-0.3, -0.25) is 0 Å². The van der Waals surface area contributed by atoms with Gasteiger partial charge in [0.1, 0.15) is 0 Å². The molecule has 1 N–H and O–H groups in total. The number of thioether (sulfide) groups is 1. The molecule has 0 spiro atoms. The van der Waals surface area contributed by atoms with Gasteiger partial charge in [0.05, 0.1) is 5.25 Å². The van der Waals surface area contributed by atoms with Gasteiger partial charge in [0.25, 0.3) is 0 Å². The lowest BCUT2D eigenvalue weighted by Crippen LogP contribution is -1.99. The molecular weight excluding hydrogens is 248 g/mol. The van der Waals surface area contributed by atoms with E-state index in [0.717, 1.165) is 11.1 Å². The van der Waals surface area contributed by atoms with Crippen LogP contribution >= 0.6 is 24.0 Å². The number of aliphatic hydroxyl groups excluding tert-OH is 1. The fraction of sp³-hybridized carbons (Fsp3) is 0.0714. The molecule has 2 aromatic rings. The fourth-order valence-corrected chi connectivity index (χ4v) is 2.76. The summed E-state index contributed by atoms with van der Waals surface area (Å²) in [5.74, 6) is 0. The Labute approximate surface area is 110 Å². The standard InChI is InChI=1S/C14H12OS2/c15-14(16)17-13(11-7-3-1-4-8-11)12-9-5-2-6-10-12/h1-10,13H,(H,15,16). The monoisotopic (exact) mass is 260 g/mol. The van der Waals surface area contributed by atoms with Crippen molar-refractivity contribution in [3.05, 3.63) is 71.8 Å². The summed E-state index contributed by atoms with van der Waals surface area (Å²) in [6, 6.07) is 20.1. The second-order valence-electron chi connectivity index (χ2n) is 3.59. The summed E-state index contributed by atoms with van der Waals surface area (Å²) in [6.45, 7) is 0. The maximum atomic E-state index is 9.34. The van der Waals surface area contributed by atoms with Crippen LogP contribution in [0.5, 0.6) is 0 Å². The van der Waals surface area contributed by atoms with Crippen molar-refractivity contribution < 1.29 is 5.11 Å². The van der Waals surface area contributed by atoms with Crippen LogP contribution in [-0.2, 0) is 0 Å². The average Bonchev–Trinajstić information content (AvgIpc) is 2.38. The van der Waals surface area contributed by atoms with Crippen LogP contribution in [0.25, 0.3) is 0 Å². The average molecular weight is 260 g/mol. The molecule has 3 heteroatoms. The molecule has 17 heavy (non-hydrogen) atoms.